The van der Waals surface area contributed by atoms with Crippen LogP contribution in [0.4, 0.5) is 0 Å². The van der Waals surface area contributed by atoms with E-state index in [1.165, 1.54) is 0 Å². The van der Waals surface area contributed by atoms with Crippen LogP contribution >= 0.6 is 23.2 Å². The number of carbonyl (C=O) groups excluding carboxylic acids is 2. The molecule has 28 heavy (non-hydrogen) atoms. The summed E-state index contributed by atoms with van der Waals surface area (Å²) >= 11 is 11.9. The Hall–Kier alpha value is -2.82. The highest BCUT2D eigenvalue weighted by molar-refractivity contribution is 6.31. The second kappa shape index (κ2) is 9.40. The smallest absolute Gasteiger partial charge is 0.342 e. The Morgan fingerprint density at radius 2 is 1.50 bits per heavy atom. The highest BCUT2D eigenvalue weighted by Crippen LogP contribution is 2.23. The molecule has 0 heterocycles. The average Bonchev–Trinajstić information content (AvgIpc) is 2.72. The summed E-state index contributed by atoms with van der Waals surface area (Å²) in [5.74, 6) is -0.608. The van der Waals surface area contributed by atoms with Crippen molar-refractivity contribution in [1.82, 2.24) is 0 Å². The van der Waals surface area contributed by atoms with Gasteiger partial charge in [0.05, 0.1) is 0 Å². The second-order valence-corrected chi connectivity index (χ2v) is 6.73. The first-order chi connectivity index (χ1) is 13.5. The van der Waals surface area contributed by atoms with Crippen LogP contribution in [0.15, 0.2) is 72.8 Å². The first kappa shape index (κ1) is 19.9. The van der Waals surface area contributed by atoms with Crippen LogP contribution in [0.1, 0.15) is 26.3 Å². The minimum atomic E-state index is -0.642. The van der Waals surface area contributed by atoms with Gasteiger partial charge in [-0.2, -0.15) is 0 Å². The highest BCUT2D eigenvalue weighted by atomic mass is 35.5. The molecular weight excluding hydrogens is 399 g/mol. The third kappa shape index (κ3) is 5.12. The maximum absolute atomic E-state index is 12.4. The van der Waals surface area contributed by atoms with Crippen LogP contribution in [0.2, 0.25) is 10.0 Å². The highest BCUT2D eigenvalue weighted by Gasteiger charge is 2.16. The predicted molar refractivity (Wildman–Crippen MR) is 108 cm³/mol. The third-order valence-corrected chi connectivity index (χ3v) is 4.57. The Morgan fingerprint density at radius 3 is 2.25 bits per heavy atom. The molecule has 0 saturated carbocycles. The topological polar surface area (TPSA) is 52.6 Å². The van der Waals surface area contributed by atoms with Gasteiger partial charge in [-0.15, -0.1) is 0 Å². The first-order valence-electron chi connectivity index (χ1n) is 8.45. The molecule has 3 rings (SSSR count). The molecular formula is C22H16Cl2O4. The van der Waals surface area contributed by atoms with E-state index in [-0.39, 0.29) is 24.6 Å². The van der Waals surface area contributed by atoms with Crippen molar-refractivity contribution in [2.24, 2.45) is 0 Å². The normalized spacial score (nSPS) is 10.4. The fourth-order valence-electron chi connectivity index (χ4n) is 2.46. The number of para-hydroxylation sites is 1. The van der Waals surface area contributed by atoms with Gasteiger partial charge in [-0.05, 0) is 42.5 Å². The lowest BCUT2D eigenvalue weighted by molar-refractivity contribution is 0.0470. The van der Waals surface area contributed by atoms with Crippen molar-refractivity contribution < 1.29 is 19.1 Å². The van der Waals surface area contributed by atoms with Crippen molar-refractivity contribution >= 4 is 35.0 Å². The largest absolute Gasteiger partial charge is 0.488 e. The van der Waals surface area contributed by atoms with Crippen molar-refractivity contribution in [3.63, 3.8) is 0 Å². The minimum absolute atomic E-state index is 0.202. The molecule has 0 aromatic heterocycles. The molecule has 0 saturated heterocycles. The van der Waals surface area contributed by atoms with Crippen molar-refractivity contribution in [2.75, 3.05) is 6.61 Å². The van der Waals surface area contributed by atoms with Crippen LogP contribution in [0, 0.1) is 0 Å². The van der Waals surface area contributed by atoms with Gasteiger partial charge in [0.25, 0.3) is 0 Å². The maximum Gasteiger partial charge on any atom is 0.342 e. The lowest BCUT2D eigenvalue weighted by Crippen LogP contribution is -2.15. The molecule has 0 aliphatic heterocycles. The number of benzene rings is 3. The first-order valence-corrected chi connectivity index (χ1v) is 9.21. The van der Waals surface area contributed by atoms with Gasteiger partial charge in [0, 0.05) is 21.2 Å². The molecule has 0 atom stereocenters. The van der Waals surface area contributed by atoms with Gasteiger partial charge in [-0.1, -0.05) is 53.5 Å². The molecule has 0 aliphatic carbocycles. The van der Waals surface area contributed by atoms with Gasteiger partial charge in [0.15, 0.2) is 12.4 Å². The Balaban J connectivity index is 1.64. The number of halogens is 2. The van der Waals surface area contributed by atoms with E-state index in [1.807, 2.05) is 18.2 Å². The predicted octanol–water partition coefficient (Wildman–Crippen LogP) is 5.61. The summed E-state index contributed by atoms with van der Waals surface area (Å²) in [5.41, 5.74) is 1.45. The summed E-state index contributed by atoms with van der Waals surface area (Å²) in [4.78, 5) is 24.6. The zero-order chi connectivity index (χ0) is 19.9. The van der Waals surface area contributed by atoms with Gasteiger partial charge in [-0.25, -0.2) is 4.79 Å². The Labute approximate surface area is 172 Å². The fourth-order valence-corrected chi connectivity index (χ4v) is 2.78. The van der Waals surface area contributed by atoms with Gasteiger partial charge >= 0.3 is 5.97 Å². The minimum Gasteiger partial charge on any atom is -0.488 e. The Bertz CT molecular complexity index is 984. The van der Waals surface area contributed by atoms with E-state index in [9.17, 15) is 9.59 Å². The Kier molecular flexibility index (Phi) is 6.69. The van der Waals surface area contributed by atoms with Crippen molar-refractivity contribution in [3.8, 4) is 5.75 Å². The molecule has 0 spiro atoms. The number of hydrogen-bond donors (Lipinski definition) is 0. The summed E-state index contributed by atoms with van der Waals surface area (Å²) in [6, 6.07) is 20.4. The van der Waals surface area contributed by atoms with Crippen molar-refractivity contribution in [2.45, 2.75) is 6.61 Å². The van der Waals surface area contributed by atoms with Crippen LogP contribution in [-0.4, -0.2) is 18.4 Å². The zero-order valence-corrected chi connectivity index (χ0v) is 16.2. The number of hydrogen-bond acceptors (Lipinski definition) is 4. The maximum atomic E-state index is 12.4. The molecule has 0 N–H and O–H groups in total. The van der Waals surface area contributed by atoms with Crippen molar-refractivity contribution in [3.05, 3.63) is 99.5 Å². The monoisotopic (exact) mass is 414 g/mol. The lowest BCUT2D eigenvalue weighted by atomic mass is 10.1. The van der Waals surface area contributed by atoms with E-state index < -0.39 is 5.97 Å². The summed E-state index contributed by atoms with van der Waals surface area (Å²) in [7, 11) is 0. The number of carbonyl (C=O) groups is 2. The van der Waals surface area contributed by atoms with E-state index in [1.54, 1.807) is 54.6 Å². The fraction of sp³-hybridized carbons (Fsp3) is 0.0909. The molecule has 4 nitrogen and oxygen atoms in total. The summed E-state index contributed by atoms with van der Waals surface area (Å²) in [5, 5.41) is 1.11. The van der Waals surface area contributed by atoms with Crippen LogP contribution < -0.4 is 4.74 Å². The molecule has 142 valence electrons. The molecule has 3 aromatic carbocycles. The van der Waals surface area contributed by atoms with Crippen LogP contribution in [0.3, 0.4) is 0 Å². The molecule has 0 fully saturated rings. The number of rotatable bonds is 7. The Morgan fingerprint density at radius 1 is 0.821 bits per heavy atom. The van der Waals surface area contributed by atoms with Crippen LogP contribution in [0.5, 0.6) is 5.75 Å². The quantitative estimate of drug-likeness (QED) is 0.372. The van der Waals surface area contributed by atoms with E-state index in [0.29, 0.717) is 21.4 Å². The van der Waals surface area contributed by atoms with E-state index in [0.717, 1.165) is 5.56 Å². The lowest BCUT2D eigenvalue weighted by Gasteiger charge is -2.12. The standard InChI is InChI=1S/C22H16Cl2O4/c23-17-11-9-15(10-12-17)20(25)14-28-22(26)18-6-2-4-8-21(18)27-13-16-5-1-3-7-19(16)24/h1-12H,13-14H2. The molecule has 0 radical (unpaired) electrons. The van der Waals surface area contributed by atoms with Gasteiger partial charge < -0.3 is 9.47 Å². The number of esters is 1. The number of Topliss-reactive ketones (excluding diaryl/α,β-unsaturated/α-hetero) is 1. The molecule has 6 heteroatoms. The summed E-state index contributed by atoms with van der Waals surface area (Å²) in [6.45, 7) is -0.174. The van der Waals surface area contributed by atoms with E-state index in [4.69, 9.17) is 32.7 Å². The van der Waals surface area contributed by atoms with E-state index >= 15 is 0 Å². The summed E-state index contributed by atoms with van der Waals surface area (Å²) in [6.07, 6.45) is 0. The molecule has 0 aliphatic rings. The molecule has 0 amide bonds. The average molecular weight is 415 g/mol. The van der Waals surface area contributed by atoms with Gasteiger partial charge in [0.2, 0.25) is 0 Å². The van der Waals surface area contributed by atoms with Gasteiger partial charge in [-0.3, -0.25) is 4.79 Å². The molecule has 0 bridgehead atoms. The van der Waals surface area contributed by atoms with Crippen LogP contribution in [0.25, 0.3) is 0 Å². The number of ketones is 1. The number of ether oxygens (including phenoxy) is 2. The van der Waals surface area contributed by atoms with Gasteiger partial charge in [0.1, 0.15) is 17.9 Å². The SMILES string of the molecule is O=C(COC(=O)c1ccccc1OCc1ccccc1Cl)c1ccc(Cl)cc1. The van der Waals surface area contributed by atoms with E-state index in [2.05, 4.69) is 0 Å². The third-order valence-electron chi connectivity index (χ3n) is 3.95. The van der Waals surface area contributed by atoms with Crippen molar-refractivity contribution in [1.29, 1.82) is 0 Å². The van der Waals surface area contributed by atoms with Crippen LogP contribution in [-0.2, 0) is 11.3 Å². The molecule has 3 aromatic rings. The summed E-state index contributed by atoms with van der Waals surface area (Å²) < 4.78 is 10.9. The second-order valence-electron chi connectivity index (χ2n) is 5.88. The zero-order valence-electron chi connectivity index (χ0n) is 14.7. The molecule has 0 unspecified atom stereocenters.